The summed E-state index contributed by atoms with van der Waals surface area (Å²) in [5.41, 5.74) is 4.14. The fourth-order valence-corrected chi connectivity index (χ4v) is 2.66. The van der Waals surface area contributed by atoms with E-state index in [-0.39, 0.29) is 11.7 Å². The van der Waals surface area contributed by atoms with Gasteiger partial charge >= 0.3 is 0 Å². The van der Waals surface area contributed by atoms with E-state index in [9.17, 15) is 9.90 Å². The number of phenolic OH excluding ortho intramolecular Hbond substituents is 1. The molecule has 0 bridgehead atoms. The Morgan fingerprint density at radius 2 is 2.15 bits per heavy atom. The van der Waals surface area contributed by atoms with Crippen LogP contribution in [0.2, 0.25) is 0 Å². The van der Waals surface area contributed by atoms with Gasteiger partial charge in [0.15, 0.2) is 0 Å². The number of carbonyl (C=O) groups is 1. The van der Waals surface area contributed by atoms with Crippen LogP contribution in [0.4, 0.5) is 0 Å². The van der Waals surface area contributed by atoms with E-state index in [4.69, 9.17) is 0 Å². The molecule has 0 spiro atoms. The molecule has 2 aromatic carbocycles. The standard InChI is InChI=1S/C15H12N2O2S/c18-12-3-1-2-10(6-12)8-16-15(19)11-4-5-13-14(7-11)20-9-17-13/h1-7,9,18H,8H2,(H,16,19). The lowest BCUT2D eigenvalue weighted by Crippen LogP contribution is -2.22. The number of thiazole rings is 1. The van der Waals surface area contributed by atoms with Gasteiger partial charge in [0.2, 0.25) is 0 Å². The van der Waals surface area contributed by atoms with Gasteiger partial charge in [-0.15, -0.1) is 11.3 Å². The zero-order valence-electron chi connectivity index (χ0n) is 10.5. The average Bonchev–Trinajstić information content (AvgIpc) is 2.92. The molecular weight excluding hydrogens is 272 g/mol. The first-order chi connectivity index (χ1) is 9.72. The molecule has 0 saturated carbocycles. The number of nitrogens with one attached hydrogen (secondary N) is 1. The number of carbonyl (C=O) groups excluding carboxylic acids is 1. The second kappa shape index (κ2) is 5.30. The number of benzene rings is 2. The van der Waals surface area contributed by atoms with Crippen molar-refractivity contribution in [3.8, 4) is 5.75 Å². The van der Waals surface area contributed by atoms with Gasteiger partial charge in [-0.25, -0.2) is 4.98 Å². The summed E-state index contributed by atoms with van der Waals surface area (Å²) in [7, 11) is 0. The lowest BCUT2D eigenvalue weighted by atomic mass is 10.2. The summed E-state index contributed by atoms with van der Waals surface area (Å²) in [6, 6.07) is 12.3. The van der Waals surface area contributed by atoms with Crippen LogP contribution in [-0.4, -0.2) is 16.0 Å². The van der Waals surface area contributed by atoms with Crippen molar-refractivity contribution in [2.45, 2.75) is 6.54 Å². The van der Waals surface area contributed by atoms with Gasteiger partial charge in [-0.3, -0.25) is 4.79 Å². The molecule has 3 rings (SSSR count). The minimum atomic E-state index is -0.136. The maximum atomic E-state index is 12.1. The molecule has 0 aliphatic heterocycles. The number of aromatic nitrogens is 1. The van der Waals surface area contributed by atoms with Crippen LogP contribution in [0.15, 0.2) is 48.0 Å². The van der Waals surface area contributed by atoms with E-state index in [1.165, 1.54) is 11.3 Å². The maximum Gasteiger partial charge on any atom is 0.251 e. The Morgan fingerprint density at radius 3 is 3.00 bits per heavy atom. The van der Waals surface area contributed by atoms with Gasteiger partial charge in [0.1, 0.15) is 5.75 Å². The molecule has 3 aromatic rings. The molecule has 0 aliphatic carbocycles. The van der Waals surface area contributed by atoms with E-state index < -0.39 is 0 Å². The smallest absolute Gasteiger partial charge is 0.251 e. The van der Waals surface area contributed by atoms with Crippen LogP contribution < -0.4 is 5.32 Å². The number of fused-ring (bicyclic) bond motifs is 1. The molecule has 5 heteroatoms. The molecule has 0 atom stereocenters. The summed E-state index contributed by atoms with van der Waals surface area (Å²) >= 11 is 1.51. The minimum Gasteiger partial charge on any atom is -0.508 e. The number of aromatic hydroxyl groups is 1. The molecule has 1 aromatic heterocycles. The number of amides is 1. The Bertz CT molecular complexity index is 767. The average molecular weight is 284 g/mol. The Labute approximate surface area is 119 Å². The van der Waals surface area contributed by atoms with Gasteiger partial charge in [-0.05, 0) is 35.9 Å². The highest BCUT2D eigenvalue weighted by atomic mass is 32.1. The van der Waals surface area contributed by atoms with Crippen LogP contribution in [0.5, 0.6) is 5.75 Å². The lowest BCUT2D eigenvalue weighted by Gasteiger charge is -2.06. The predicted molar refractivity (Wildman–Crippen MR) is 78.9 cm³/mol. The van der Waals surface area contributed by atoms with Gasteiger partial charge in [-0.2, -0.15) is 0 Å². The van der Waals surface area contributed by atoms with Crippen LogP contribution in [0.3, 0.4) is 0 Å². The normalized spacial score (nSPS) is 10.6. The fourth-order valence-electron chi connectivity index (χ4n) is 1.95. The summed E-state index contributed by atoms with van der Waals surface area (Å²) in [5.74, 6) is 0.0615. The fraction of sp³-hybridized carbons (Fsp3) is 0.0667. The lowest BCUT2D eigenvalue weighted by molar-refractivity contribution is 0.0951. The van der Waals surface area contributed by atoms with E-state index >= 15 is 0 Å². The van der Waals surface area contributed by atoms with Crippen molar-refractivity contribution in [1.29, 1.82) is 0 Å². The Morgan fingerprint density at radius 1 is 1.25 bits per heavy atom. The van der Waals surface area contributed by atoms with Crippen molar-refractivity contribution in [3.05, 3.63) is 59.1 Å². The molecule has 0 unspecified atom stereocenters. The molecule has 1 heterocycles. The Balaban J connectivity index is 1.72. The number of hydrogen-bond donors (Lipinski definition) is 2. The first kappa shape index (κ1) is 12.6. The quantitative estimate of drug-likeness (QED) is 0.777. The highest BCUT2D eigenvalue weighted by Gasteiger charge is 2.07. The number of rotatable bonds is 3. The molecule has 100 valence electrons. The van der Waals surface area contributed by atoms with E-state index in [0.717, 1.165) is 15.8 Å². The molecular formula is C15H12N2O2S. The largest absolute Gasteiger partial charge is 0.508 e. The van der Waals surface area contributed by atoms with Crippen LogP contribution in [0, 0.1) is 0 Å². The summed E-state index contributed by atoms with van der Waals surface area (Å²) in [6.07, 6.45) is 0. The third kappa shape index (κ3) is 2.62. The van der Waals surface area contributed by atoms with E-state index in [1.807, 2.05) is 18.2 Å². The van der Waals surface area contributed by atoms with Crippen molar-refractivity contribution in [2.24, 2.45) is 0 Å². The number of phenols is 1. The summed E-state index contributed by atoms with van der Waals surface area (Å²) in [5, 5.41) is 12.2. The van der Waals surface area contributed by atoms with Crippen LogP contribution in [0.25, 0.3) is 10.2 Å². The van der Waals surface area contributed by atoms with Gasteiger partial charge in [0.25, 0.3) is 5.91 Å². The first-order valence-electron chi connectivity index (χ1n) is 6.12. The number of nitrogens with zero attached hydrogens (tertiary/aromatic N) is 1. The highest BCUT2D eigenvalue weighted by molar-refractivity contribution is 7.16. The third-order valence-electron chi connectivity index (χ3n) is 2.96. The molecule has 4 nitrogen and oxygen atoms in total. The van der Waals surface area contributed by atoms with Crippen molar-refractivity contribution < 1.29 is 9.90 Å². The van der Waals surface area contributed by atoms with Gasteiger partial charge in [-0.1, -0.05) is 12.1 Å². The second-order valence-corrected chi connectivity index (χ2v) is 5.27. The summed E-state index contributed by atoms with van der Waals surface area (Å²) in [4.78, 5) is 16.3. The topological polar surface area (TPSA) is 62.2 Å². The van der Waals surface area contributed by atoms with E-state index in [1.54, 1.807) is 29.8 Å². The maximum absolute atomic E-state index is 12.1. The molecule has 20 heavy (non-hydrogen) atoms. The van der Waals surface area contributed by atoms with Gasteiger partial charge in [0.05, 0.1) is 15.7 Å². The Kier molecular flexibility index (Phi) is 3.35. The minimum absolute atomic E-state index is 0.136. The first-order valence-corrected chi connectivity index (χ1v) is 7.00. The molecule has 1 amide bonds. The molecule has 0 saturated heterocycles. The monoisotopic (exact) mass is 284 g/mol. The number of hydrogen-bond acceptors (Lipinski definition) is 4. The van der Waals surface area contributed by atoms with E-state index in [2.05, 4.69) is 10.3 Å². The second-order valence-electron chi connectivity index (χ2n) is 4.39. The highest BCUT2D eigenvalue weighted by Crippen LogP contribution is 2.19. The Hall–Kier alpha value is -2.40. The molecule has 0 aliphatic rings. The van der Waals surface area contributed by atoms with E-state index in [0.29, 0.717) is 12.1 Å². The zero-order chi connectivity index (χ0) is 13.9. The summed E-state index contributed by atoms with van der Waals surface area (Å²) in [6.45, 7) is 0.383. The SMILES string of the molecule is O=C(NCc1cccc(O)c1)c1ccc2ncsc2c1. The van der Waals surface area contributed by atoms with Crippen molar-refractivity contribution in [3.63, 3.8) is 0 Å². The molecule has 0 fully saturated rings. The third-order valence-corrected chi connectivity index (χ3v) is 3.75. The van der Waals surface area contributed by atoms with Gasteiger partial charge < -0.3 is 10.4 Å². The van der Waals surface area contributed by atoms with Crippen LogP contribution in [-0.2, 0) is 6.54 Å². The molecule has 2 N–H and O–H groups in total. The van der Waals surface area contributed by atoms with Crippen LogP contribution in [0.1, 0.15) is 15.9 Å². The summed E-state index contributed by atoms with van der Waals surface area (Å²) < 4.78 is 0.995. The van der Waals surface area contributed by atoms with Crippen LogP contribution >= 0.6 is 11.3 Å². The van der Waals surface area contributed by atoms with Crippen molar-refractivity contribution in [1.82, 2.24) is 10.3 Å². The van der Waals surface area contributed by atoms with Crippen molar-refractivity contribution in [2.75, 3.05) is 0 Å². The van der Waals surface area contributed by atoms with Gasteiger partial charge in [0, 0.05) is 12.1 Å². The molecule has 0 radical (unpaired) electrons. The predicted octanol–water partition coefficient (Wildman–Crippen LogP) is 2.93. The van der Waals surface area contributed by atoms with Crippen molar-refractivity contribution >= 4 is 27.5 Å². The zero-order valence-corrected chi connectivity index (χ0v) is 11.4.